The zero-order valence-electron chi connectivity index (χ0n) is 13.3. The summed E-state index contributed by atoms with van der Waals surface area (Å²) in [6.07, 6.45) is 0. The largest absolute Gasteiger partial charge is 0.355 e. The van der Waals surface area contributed by atoms with Crippen molar-refractivity contribution in [2.24, 2.45) is 0 Å². The third-order valence-corrected chi connectivity index (χ3v) is 6.84. The molecule has 1 aromatic carbocycles. The first kappa shape index (κ1) is 17.0. The highest BCUT2D eigenvalue weighted by atomic mass is 35.5. The van der Waals surface area contributed by atoms with Crippen molar-refractivity contribution in [1.29, 1.82) is 0 Å². The van der Waals surface area contributed by atoms with E-state index in [-0.39, 0.29) is 4.21 Å². The number of thiophene rings is 1. The molecule has 2 aromatic heterocycles. The molecule has 0 saturated carbocycles. The van der Waals surface area contributed by atoms with Crippen LogP contribution in [0.3, 0.4) is 0 Å². The second-order valence-electron chi connectivity index (χ2n) is 5.41. The van der Waals surface area contributed by atoms with E-state index in [9.17, 15) is 8.42 Å². The van der Waals surface area contributed by atoms with Crippen LogP contribution in [-0.4, -0.2) is 13.6 Å². The summed E-state index contributed by atoms with van der Waals surface area (Å²) in [4.78, 5) is 0.723. The molecule has 0 bridgehead atoms. The molecule has 3 aromatic rings. The van der Waals surface area contributed by atoms with Crippen molar-refractivity contribution in [3.8, 4) is 10.6 Å². The number of halogens is 1. The van der Waals surface area contributed by atoms with Crippen molar-refractivity contribution < 1.29 is 12.9 Å². The van der Waals surface area contributed by atoms with Gasteiger partial charge in [-0.15, -0.1) is 11.3 Å². The normalized spacial score (nSPS) is 11.7. The van der Waals surface area contributed by atoms with Crippen molar-refractivity contribution in [2.75, 3.05) is 4.72 Å². The molecule has 0 atom stereocenters. The molecule has 0 fully saturated rings. The van der Waals surface area contributed by atoms with E-state index in [1.54, 1.807) is 37.3 Å². The number of nitrogens with one attached hydrogen (secondary N) is 1. The molecule has 3 rings (SSSR count). The molecule has 0 amide bonds. The first-order valence-electron chi connectivity index (χ1n) is 7.10. The Kier molecular flexibility index (Phi) is 4.42. The van der Waals surface area contributed by atoms with Gasteiger partial charge in [-0.05, 0) is 56.7 Å². The topological polar surface area (TPSA) is 72.2 Å². The summed E-state index contributed by atoms with van der Waals surface area (Å²) in [7, 11) is -3.68. The van der Waals surface area contributed by atoms with Gasteiger partial charge in [-0.3, -0.25) is 4.72 Å². The quantitative estimate of drug-likeness (QED) is 0.704. The van der Waals surface area contributed by atoms with Crippen LogP contribution < -0.4 is 4.72 Å². The van der Waals surface area contributed by atoms with Crippen LogP contribution in [0.4, 0.5) is 5.69 Å². The van der Waals surface area contributed by atoms with E-state index in [0.717, 1.165) is 33.0 Å². The maximum Gasteiger partial charge on any atom is 0.271 e. The van der Waals surface area contributed by atoms with Gasteiger partial charge in [0.05, 0.1) is 16.3 Å². The number of hydrogen-bond acceptors (Lipinski definition) is 5. The first-order chi connectivity index (χ1) is 11.3. The third-order valence-electron chi connectivity index (χ3n) is 3.66. The lowest BCUT2D eigenvalue weighted by Crippen LogP contribution is -2.12. The van der Waals surface area contributed by atoms with E-state index in [0.29, 0.717) is 16.5 Å². The van der Waals surface area contributed by atoms with Crippen LogP contribution in [-0.2, 0) is 10.0 Å². The average molecular weight is 383 g/mol. The Hall–Kier alpha value is -1.83. The Morgan fingerprint density at radius 1 is 1.17 bits per heavy atom. The molecule has 0 unspecified atom stereocenters. The van der Waals surface area contributed by atoms with E-state index >= 15 is 0 Å². The molecule has 1 N–H and O–H groups in total. The second kappa shape index (κ2) is 6.23. The maximum atomic E-state index is 12.6. The summed E-state index contributed by atoms with van der Waals surface area (Å²) in [5.41, 5.74) is 2.95. The second-order valence-corrected chi connectivity index (χ2v) is 8.83. The van der Waals surface area contributed by atoms with Crippen molar-refractivity contribution >= 4 is 38.6 Å². The number of anilines is 1. The fraction of sp³-hybridized carbons (Fsp3) is 0.188. The molecule has 0 aliphatic heterocycles. The van der Waals surface area contributed by atoms with E-state index in [1.165, 1.54) is 0 Å². The number of nitrogens with zero attached hydrogens (tertiary/aromatic N) is 1. The molecular weight excluding hydrogens is 368 g/mol. The van der Waals surface area contributed by atoms with E-state index in [4.69, 9.17) is 16.1 Å². The highest BCUT2D eigenvalue weighted by Gasteiger charge is 2.21. The van der Waals surface area contributed by atoms with Gasteiger partial charge in [-0.2, -0.15) is 0 Å². The molecule has 5 nitrogen and oxygen atoms in total. The minimum atomic E-state index is -3.68. The van der Waals surface area contributed by atoms with Gasteiger partial charge >= 0.3 is 0 Å². The number of sulfonamides is 1. The number of benzene rings is 1. The monoisotopic (exact) mass is 382 g/mol. The minimum Gasteiger partial charge on any atom is -0.355 e. The Balaban J connectivity index is 1.92. The molecule has 126 valence electrons. The number of hydrogen-bond donors (Lipinski definition) is 1. The van der Waals surface area contributed by atoms with Crippen molar-refractivity contribution in [3.05, 3.63) is 52.2 Å². The first-order valence-corrected chi connectivity index (χ1v) is 9.78. The number of rotatable bonds is 4. The zero-order chi connectivity index (χ0) is 17.5. The average Bonchev–Trinajstić information content (AvgIpc) is 3.11. The van der Waals surface area contributed by atoms with Crippen molar-refractivity contribution in [3.63, 3.8) is 0 Å². The van der Waals surface area contributed by atoms with Gasteiger partial charge in [0.1, 0.15) is 4.21 Å². The lowest BCUT2D eigenvalue weighted by atomic mass is 10.2. The molecule has 24 heavy (non-hydrogen) atoms. The summed E-state index contributed by atoms with van der Waals surface area (Å²) in [5.74, 6) is 0.599. The van der Waals surface area contributed by atoms with E-state index in [2.05, 4.69) is 9.88 Å². The molecule has 0 radical (unpaired) electrons. The predicted molar refractivity (Wildman–Crippen MR) is 96.3 cm³/mol. The van der Waals surface area contributed by atoms with Crippen LogP contribution >= 0.6 is 22.9 Å². The fourth-order valence-corrected chi connectivity index (χ4v) is 4.87. The van der Waals surface area contributed by atoms with Gasteiger partial charge in [-0.1, -0.05) is 16.8 Å². The van der Waals surface area contributed by atoms with Crippen LogP contribution in [0.25, 0.3) is 10.6 Å². The summed E-state index contributed by atoms with van der Waals surface area (Å²) in [5, 5.41) is 4.47. The van der Waals surface area contributed by atoms with Gasteiger partial charge in [0.25, 0.3) is 10.0 Å². The molecule has 0 aliphatic rings. The van der Waals surface area contributed by atoms with Gasteiger partial charge in [0.15, 0.2) is 5.76 Å². The predicted octanol–water partition coefficient (Wildman–Crippen LogP) is 4.78. The smallest absolute Gasteiger partial charge is 0.271 e. The number of aryl methyl sites for hydroxylation is 2. The van der Waals surface area contributed by atoms with Gasteiger partial charge in [0.2, 0.25) is 0 Å². The van der Waals surface area contributed by atoms with Gasteiger partial charge in [-0.25, -0.2) is 8.42 Å². The summed E-state index contributed by atoms with van der Waals surface area (Å²) >= 11 is 7.04. The van der Waals surface area contributed by atoms with Crippen molar-refractivity contribution in [1.82, 2.24) is 5.16 Å². The lowest BCUT2D eigenvalue weighted by Gasteiger charge is -2.09. The minimum absolute atomic E-state index is 0.209. The van der Waals surface area contributed by atoms with Crippen LogP contribution in [0.1, 0.15) is 16.8 Å². The zero-order valence-corrected chi connectivity index (χ0v) is 15.6. The summed E-state index contributed by atoms with van der Waals surface area (Å²) in [6, 6.07) is 8.28. The Morgan fingerprint density at radius 2 is 1.92 bits per heavy atom. The van der Waals surface area contributed by atoms with Crippen LogP contribution in [0.2, 0.25) is 5.02 Å². The SMILES string of the molecule is Cc1cc(Cl)ccc1NS(=O)(=O)c1ccc(-c2onc(C)c2C)s1. The van der Waals surface area contributed by atoms with E-state index < -0.39 is 10.0 Å². The molecule has 0 saturated heterocycles. The van der Waals surface area contributed by atoms with Gasteiger partial charge in [0, 0.05) is 10.6 Å². The maximum absolute atomic E-state index is 12.6. The molecule has 2 heterocycles. The number of aromatic nitrogens is 1. The van der Waals surface area contributed by atoms with E-state index in [1.807, 2.05) is 13.8 Å². The Morgan fingerprint density at radius 3 is 2.54 bits per heavy atom. The third kappa shape index (κ3) is 3.19. The lowest BCUT2D eigenvalue weighted by molar-refractivity contribution is 0.427. The van der Waals surface area contributed by atoms with Crippen LogP contribution in [0, 0.1) is 20.8 Å². The molecular formula is C16H15ClN2O3S2. The Bertz CT molecular complexity index is 1010. The highest BCUT2D eigenvalue weighted by molar-refractivity contribution is 7.94. The summed E-state index contributed by atoms with van der Waals surface area (Å²) in [6.45, 7) is 5.53. The standard InChI is InChI=1S/C16H15ClN2O3S2/c1-9-8-12(17)4-5-13(9)19-24(20,21)15-7-6-14(23-15)16-10(2)11(3)18-22-16/h4-8,19H,1-3H3. The molecule has 0 aliphatic carbocycles. The van der Waals surface area contributed by atoms with Crippen LogP contribution in [0.5, 0.6) is 0 Å². The summed E-state index contributed by atoms with van der Waals surface area (Å²) < 4.78 is 33.3. The Labute approximate surface area is 149 Å². The fourth-order valence-electron chi connectivity index (χ4n) is 2.17. The van der Waals surface area contributed by atoms with Gasteiger partial charge < -0.3 is 4.52 Å². The van der Waals surface area contributed by atoms with Crippen molar-refractivity contribution in [2.45, 2.75) is 25.0 Å². The van der Waals surface area contributed by atoms with Crippen LogP contribution in [0.15, 0.2) is 39.1 Å². The molecule has 8 heteroatoms. The highest BCUT2D eigenvalue weighted by Crippen LogP contribution is 2.34. The molecule has 0 spiro atoms.